The first-order valence-electron chi connectivity index (χ1n) is 6.69. The second-order valence-corrected chi connectivity index (χ2v) is 5.19. The first-order valence-corrected chi connectivity index (χ1v) is 6.69. The van der Waals surface area contributed by atoms with Crippen LogP contribution in [0.25, 0.3) is 11.0 Å². The van der Waals surface area contributed by atoms with Crippen LogP contribution in [0.5, 0.6) is 5.75 Å². The molecule has 5 nitrogen and oxygen atoms in total. The highest BCUT2D eigenvalue weighted by molar-refractivity contribution is 5.84. The Bertz CT molecular complexity index is 592. The van der Waals surface area contributed by atoms with Crippen LogP contribution in [-0.4, -0.2) is 41.2 Å². The van der Waals surface area contributed by atoms with Crippen LogP contribution in [0.2, 0.25) is 0 Å². The van der Waals surface area contributed by atoms with E-state index in [4.69, 9.17) is 10.5 Å². The van der Waals surface area contributed by atoms with Crippen LogP contribution in [0.1, 0.15) is 12.8 Å². The summed E-state index contributed by atoms with van der Waals surface area (Å²) in [6.07, 6.45) is 2.48. The third kappa shape index (κ3) is 2.04. The fraction of sp³-hybridized carbons (Fsp3) is 0.500. The Labute approximate surface area is 113 Å². The van der Waals surface area contributed by atoms with Crippen LogP contribution in [0.15, 0.2) is 18.2 Å². The van der Waals surface area contributed by atoms with Gasteiger partial charge in [0.05, 0.1) is 12.6 Å². The van der Waals surface area contributed by atoms with Gasteiger partial charge in [0.1, 0.15) is 11.3 Å². The first-order chi connectivity index (χ1) is 9.20. The van der Waals surface area contributed by atoms with Gasteiger partial charge >= 0.3 is 0 Å². The molecule has 102 valence electrons. The molecular weight excluding hydrogens is 240 g/mol. The summed E-state index contributed by atoms with van der Waals surface area (Å²) in [5.41, 5.74) is 7.98. The SMILES string of the molecule is COc1cccc2c1nc(N)n2CC1CCCN1C. The number of methoxy groups -OCH3 is 1. The van der Waals surface area contributed by atoms with Gasteiger partial charge in [-0.15, -0.1) is 0 Å². The number of fused-ring (bicyclic) bond motifs is 1. The lowest BCUT2D eigenvalue weighted by atomic mass is 10.2. The van der Waals surface area contributed by atoms with Gasteiger partial charge in [-0.3, -0.25) is 0 Å². The molecule has 0 bridgehead atoms. The van der Waals surface area contributed by atoms with Gasteiger partial charge in [0.15, 0.2) is 0 Å². The van der Waals surface area contributed by atoms with Crippen molar-refractivity contribution in [3.05, 3.63) is 18.2 Å². The molecule has 1 atom stereocenters. The van der Waals surface area contributed by atoms with Gasteiger partial charge in [-0.25, -0.2) is 4.98 Å². The number of nitrogens with zero attached hydrogens (tertiary/aromatic N) is 3. The molecule has 0 radical (unpaired) electrons. The highest BCUT2D eigenvalue weighted by Crippen LogP contribution is 2.28. The molecule has 1 fully saturated rings. The standard InChI is InChI=1S/C14H20N4O/c1-17-8-4-5-10(17)9-18-11-6-3-7-12(19-2)13(11)16-14(18)15/h3,6-7,10H,4-5,8-9H2,1-2H3,(H2,15,16). The van der Waals surface area contributed by atoms with E-state index in [1.54, 1.807) is 7.11 Å². The van der Waals surface area contributed by atoms with Gasteiger partial charge in [0.2, 0.25) is 5.95 Å². The highest BCUT2D eigenvalue weighted by atomic mass is 16.5. The molecule has 0 aliphatic carbocycles. The lowest BCUT2D eigenvalue weighted by molar-refractivity contribution is 0.285. The highest BCUT2D eigenvalue weighted by Gasteiger charge is 2.23. The molecule has 1 unspecified atom stereocenters. The minimum absolute atomic E-state index is 0.547. The van der Waals surface area contributed by atoms with E-state index in [0.29, 0.717) is 12.0 Å². The molecule has 2 heterocycles. The molecule has 1 aromatic heterocycles. The van der Waals surface area contributed by atoms with Gasteiger partial charge in [0.25, 0.3) is 0 Å². The molecular formula is C14H20N4O. The summed E-state index contributed by atoms with van der Waals surface area (Å²) in [6.45, 7) is 2.06. The number of hydrogen-bond acceptors (Lipinski definition) is 4. The van der Waals surface area contributed by atoms with E-state index >= 15 is 0 Å². The van der Waals surface area contributed by atoms with Crippen LogP contribution in [-0.2, 0) is 6.54 Å². The second kappa shape index (κ2) is 4.74. The maximum absolute atomic E-state index is 6.08. The number of imidazole rings is 1. The first kappa shape index (κ1) is 12.3. The topological polar surface area (TPSA) is 56.3 Å². The van der Waals surface area contributed by atoms with E-state index in [-0.39, 0.29) is 0 Å². The summed E-state index contributed by atoms with van der Waals surface area (Å²) >= 11 is 0. The van der Waals surface area contributed by atoms with Crippen molar-refractivity contribution in [3.63, 3.8) is 0 Å². The summed E-state index contributed by atoms with van der Waals surface area (Å²) in [5, 5.41) is 0. The Balaban J connectivity index is 2.01. The molecule has 3 rings (SSSR count). The van der Waals surface area contributed by atoms with E-state index in [9.17, 15) is 0 Å². The second-order valence-electron chi connectivity index (χ2n) is 5.19. The third-order valence-corrected chi connectivity index (χ3v) is 4.06. The number of anilines is 1. The van der Waals surface area contributed by atoms with E-state index in [1.165, 1.54) is 19.4 Å². The number of ether oxygens (including phenoxy) is 1. The van der Waals surface area contributed by atoms with Gasteiger partial charge < -0.3 is 19.9 Å². The van der Waals surface area contributed by atoms with Gasteiger partial charge in [-0.2, -0.15) is 0 Å². The number of likely N-dealkylation sites (tertiary alicyclic amines) is 1. The Morgan fingerprint density at radius 1 is 1.47 bits per heavy atom. The number of hydrogen-bond donors (Lipinski definition) is 1. The number of nitrogens with two attached hydrogens (primary N) is 1. The summed E-state index contributed by atoms with van der Waals surface area (Å²) in [4.78, 5) is 6.84. The van der Waals surface area contributed by atoms with Crippen LogP contribution in [0, 0.1) is 0 Å². The molecule has 1 aliphatic rings. The summed E-state index contributed by atoms with van der Waals surface area (Å²) in [5.74, 6) is 1.35. The lowest BCUT2D eigenvalue weighted by Crippen LogP contribution is -2.29. The average Bonchev–Trinajstić information content (AvgIpc) is 2.95. The predicted molar refractivity (Wildman–Crippen MR) is 76.3 cm³/mol. The number of rotatable bonds is 3. The van der Waals surface area contributed by atoms with E-state index < -0.39 is 0 Å². The maximum Gasteiger partial charge on any atom is 0.201 e. The van der Waals surface area contributed by atoms with Crippen molar-refractivity contribution in [2.75, 3.05) is 26.4 Å². The molecule has 19 heavy (non-hydrogen) atoms. The normalized spacial score (nSPS) is 20.2. The molecule has 2 aromatic rings. The summed E-state index contributed by atoms with van der Waals surface area (Å²) in [7, 11) is 3.84. The quantitative estimate of drug-likeness (QED) is 0.913. The average molecular weight is 260 g/mol. The van der Waals surface area contributed by atoms with Crippen molar-refractivity contribution in [2.45, 2.75) is 25.4 Å². The van der Waals surface area contributed by atoms with E-state index in [2.05, 4.69) is 27.6 Å². The van der Waals surface area contributed by atoms with Crippen molar-refractivity contribution in [3.8, 4) is 5.75 Å². The van der Waals surface area contributed by atoms with Crippen LogP contribution >= 0.6 is 0 Å². The molecule has 1 aliphatic heterocycles. The maximum atomic E-state index is 6.08. The van der Waals surface area contributed by atoms with Gasteiger partial charge in [0, 0.05) is 12.6 Å². The smallest absolute Gasteiger partial charge is 0.201 e. The van der Waals surface area contributed by atoms with Crippen molar-refractivity contribution < 1.29 is 4.74 Å². The zero-order chi connectivity index (χ0) is 13.4. The molecule has 2 N–H and O–H groups in total. The van der Waals surface area contributed by atoms with Gasteiger partial charge in [-0.1, -0.05) is 6.07 Å². The predicted octanol–water partition coefficient (Wildman–Crippen LogP) is 1.72. The molecule has 1 saturated heterocycles. The third-order valence-electron chi connectivity index (χ3n) is 4.06. The van der Waals surface area contributed by atoms with Crippen molar-refractivity contribution in [1.82, 2.24) is 14.5 Å². The number of likely N-dealkylation sites (N-methyl/N-ethyl adjacent to an activating group) is 1. The zero-order valence-electron chi connectivity index (χ0n) is 11.5. The Hall–Kier alpha value is -1.75. The molecule has 5 heteroatoms. The van der Waals surface area contributed by atoms with Crippen molar-refractivity contribution in [2.24, 2.45) is 0 Å². The molecule has 1 aromatic carbocycles. The fourth-order valence-electron chi connectivity index (χ4n) is 2.92. The minimum atomic E-state index is 0.547. The van der Waals surface area contributed by atoms with Crippen LogP contribution in [0.3, 0.4) is 0 Å². The zero-order valence-corrected chi connectivity index (χ0v) is 11.5. The number of aromatic nitrogens is 2. The number of para-hydroxylation sites is 1. The van der Waals surface area contributed by atoms with Crippen LogP contribution in [0.4, 0.5) is 5.95 Å². The van der Waals surface area contributed by atoms with Gasteiger partial charge in [-0.05, 0) is 38.6 Å². The van der Waals surface area contributed by atoms with E-state index in [1.807, 2.05) is 12.1 Å². The Morgan fingerprint density at radius 2 is 2.32 bits per heavy atom. The van der Waals surface area contributed by atoms with Crippen molar-refractivity contribution in [1.29, 1.82) is 0 Å². The Kier molecular flexibility index (Phi) is 3.06. The number of benzene rings is 1. The largest absolute Gasteiger partial charge is 0.494 e. The van der Waals surface area contributed by atoms with Crippen molar-refractivity contribution >= 4 is 17.0 Å². The Morgan fingerprint density at radius 3 is 3.00 bits per heavy atom. The van der Waals surface area contributed by atoms with Crippen LogP contribution < -0.4 is 10.5 Å². The lowest BCUT2D eigenvalue weighted by Gasteiger charge is -2.20. The summed E-state index contributed by atoms with van der Waals surface area (Å²) in [6, 6.07) is 6.50. The minimum Gasteiger partial charge on any atom is -0.494 e. The number of nitrogen functional groups attached to an aromatic ring is 1. The summed E-state index contributed by atoms with van der Waals surface area (Å²) < 4.78 is 7.45. The molecule has 0 spiro atoms. The van der Waals surface area contributed by atoms with E-state index in [0.717, 1.165) is 23.3 Å². The molecule has 0 saturated carbocycles. The fourth-order valence-corrected chi connectivity index (χ4v) is 2.92. The monoisotopic (exact) mass is 260 g/mol. The molecule has 0 amide bonds.